The van der Waals surface area contributed by atoms with Crippen LogP contribution < -0.4 is 5.32 Å². The van der Waals surface area contributed by atoms with E-state index >= 15 is 0 Å². The highest BCUT2D eigenvalue weighted by molar-refractivity contribution is 6.18. The highest BCUT2D eigenvalue weighted by Crippen LogP contribution is 2.19. The number of benzene rings is 1. The van der Waals surface area contributed by atoms with Gasteiger partial charge in [-0.1, -0.05) is 12.2 Å². The Morgan fingerprint density at radius 2 is 1.73 bits per heavy atom. The number of allylic oxidation sites excluding steroid dienone is 1. The van der Waals surface area contributed by atoms with Gasteiger partial charge < -0.3 is 5.32 Å². The third-order valence-corrected chi connectivity index (χ3v) is 1.84. The summed E-state index contributed by atoms with van der Waals surface area (Å²) in [5.41, 5.74) is -0.337. The number of alkyl halides is 1. The van der Waals surface area contributed by atoms with E-state index in [4.69, 9.17) is 11.6 Å². The molecule has 0 aliphatic rings. The molecule has 5 heteroatoms. The van der Waals surface area contributed by atoms with Crippen LogP contribution >= 0.6 is 11.6 Å². The Kier molecular flexibility index (Phi) is 4.49. The minimum Gasteiger partial charge on any atom is -0.377 e. The van der Waals surface area contributed by atoms with E-state index in [1.54, 1.807) is 12.2 Å². The molecular weight excluding hydrogens is 227 g/mol. The van der Waals surface area contributed by atoms with Crippen LogP contribution in [0, 0.1) is 17.5 Å². The highest BCUT2D eigenvalue weighted by atomic mass is 35.5. The second-order valence-corrected chi connectivity index (χ2v) is 3.06. The summed E-state index contributed by atoms with van der Waals surface area (Å²) >= 11 is 5.35. The lowest BCUT2D eigenvalue weighted by Crippen LogP contribution is -2.04. The topological polar surface area (TPSA) is 12.0 Å². The molecule has 1 aromatic rings. The maximum atomic E-state index is 13.0. The average molecular weight is 236 g/mol. The molecule has 1 rings (SSSR count). The molecule has 0 heterocycles. The van der Waals surface area contributed by atoms with Gasteiger partial charge in [0.1, 0.15) is 11.5 Å². The first-order chi connectivity index (χ1) is 7.15. The van der Waals surface area contributed by atoms with Crippen molar-refractivity contribution in [1.82, 2.24) is 0 Å². The smallest absolute Gasteiger partial charge is 0.152 e. The van der Waals surface area contributed by atoms with Crippen LogP contribution in [0.3, 0.4) is 0 Å². The number of hydrogen-bond donors (Lipinski definition) is 1. The van der Waals surface area contributed by atoms with Crippen LogP contribution in [0.25, 0.3) is 0 Å². The summed E-state index contributed by atoms with van der Waals surface area (Å²) in [7, 11) is 0. The fraction of sp³-hybridized carbons (Fsp3) is 0.200. The van der Waals surface area contributed by atoms with E-state index < -0.39 is 17.5 Å². The molecule has 0 bridgehead atoms. The van der Waals surface area contributed by atoms with Crippen LogP contribution in [0.2, 0.25) is 0 Å². The molecule has 1 nitrogen and oxygen atoms in total. The van der Waals surface area contributed by atoms with Crippen molar-refractivity contribution in [3.63, 3.8) is 0 Å². The summed E-state index contributed by atoms with van der Waals surface area (Å²) < 4.78 is 38.6. The second kappa shape index (κ2) is 5.66. The normalized spacial score (nSPS) is 10.9. The summed E-state index contributed by atoms with van der Waals surface area (Å²) in [6.07, 6.45) is 3.25. The molecule has 0 saturated heterocycles. The standard InChI is InChI=1S/C10H9ClF3N/c11-3-1-2-4-15-10-8(13)5-7(12)6-9(10)14/h1-2,5-6,15H,3-4H2/b2-1+. The lowest BCUT2D eigenvalue weighted by molar-refractivity contribution is 0.548. The van der Waals surface area contributed by atoms with Crippen molar-refractivity contribution in [2.24, 2.45) is 0 Å². The third kappa shape index (κ3) is 3.47. The molecule has 1 aromatic carbocycles. The van der Waals surface area contributed by atoms with Gasteiger partial charge in [-0.25, -0.2) is 13.2 Å². The van der Waals surface area contributed by atoms with E-state index in [-0.39, 0.29) is 12.2 Å². The van der Waals surface area contributed by atoms with Gasteiger partial charge in [-0.2, -0.15) is 0 Å². The Morgan fingerprint density at radius 1 is 1.13 bits per heavy atom. The van der Waals surface area contributed by atoms with Gasteiger partial charge in [0.2, 0.25) is 0 Å². The first kappa shape index (κ1) is 11.9. The average Bonchev–Trinajstić information content (AvgIpc) is 2.15. The molecule has 0 fully saturated rings. The molecule has 0 radical (unpaired) electrons. The molecule has 0 saturated carbocycles. The van der Waals surface area contributed by atoms with Crippen LogP contribution in [0.5, 0.6) is 0 Å². The molecule has 0 aromatic heterocycles. The second-order valence-electron chi connectivity index (χ2n) is 2.75. The van der Waals surface area contributed by atoms with Gasteiger partial charge in [0.15, 0.2) is 11.6 Å². The SMILES string of the molecule is Fc1cc(F)c(NC/C=C/CCl)c(F)c1. The minimum absolute atomic E-state index is 0.228. The van der Waals surface area contributed by atoms with Crippen molar-refractivity contribution < 1.29 is 13.2 Å². The van der Waals surface area contributed by atoms with E-state index in [9.17, 15) is 13.2 Å². The van der Waals surface area contributed by atoms with Crippen LogP contribution in [-0.4, -0.2) is 12.4 Å². The molecule has 82 valence electrons. The predicted octanol–water partition coefficient (Wildman–Crippen LogP) is 3.31. The summed E-state index contributed by atoms with van der Waals surface area (Å²) in [5.74, 6) is -2.51. The van der Waals surface area contributed by atoms with Gasteiger partial charge in [0.05, 0.1) is 0 Å². The fourth-order valence-corrected chi connectivity index (χ4v) is 1.14. The Hall–Kier alpha value is -1.16. The van der Waals surface area contributed by atoms with Gasteiger partial charge >= 0.3 is 0 Å². The van der Waals surface area contributed by atoms with Crippen molar-refractivity contribution >= 4 is 17.3 Å². The summed E-state index contributed by atoms with van der Waals surface area (Å²) in [4.78, 5) is 0. The summed E-state index contributed by atoms with van der Waals surface area (Å²) in [5, 5.41) is 2.48. The van der Waals surface area contributed by atoms with Crippen molar-refractivity contribution in [2.45, 2.75) is 0 Å². The number of nitrogens with one attached hydrogen (secondary N) is 1. The summed E-state index contributed by atoms with van der Waals surface area (Å²) in [6.45, 7) is 0.228. The number of halogens is 4. The predicted molar refractivity (Wildman–Crippen MR) is 54.7 cm³/mol. The summed E-state index contributed by atoms with van der Waals surface area (Å²) in [6, 6.07) is 1.24. The quantitative estimate of drug-likeness (QED) is 0.624. The molecule has 0 amide bonds. The fourth-order valence-electron chi connectivity index (χ4n) is 1.02. The zero-order chi connectivity index (χ0) is 11.3. The Morgan fingerprint density at radius 3 is 2.27 bits per heavy atom. The molecular formula is C10H9ClF3N. The van der Waals surface area contributed by atoms with Gasteiger partial charge in [0, 0.05) is 24.6 Å². The first-order valence-electron chi connectivity index (χ1n) is 4.24. The lowest BCUT2D eigenvalue weighted by atomic mass is 10.2. The van der Waals surface area contributed by atoms with E-state index in [0.717, 1.165) is 0 Å². The van der Waals surface area contributed by atoms with Crippen LogP contribution in [0.15, 0.2) is 24.3 Å². The van der Waals surface area contributed by atoms with Crippen molar-refractivity contribution in [3.8, 4) is 0 Å². The Balaban J connectivity index is 2.72. The van der Waals surface area contributed by atoms with Crippen molar-refractivity contribution in [1.29, 1.82) is 0 Å². The molecule has 0 atom stereocenters. The van der Waals surface area contributed by atoms with Gasteiger partial charge in [-0.15, -0.1) is 11.6 Å². The Labute approximate surface area is 90.6 Å². The van der Waals surface area contributed by atoms with Gasteiger partial charge in [0.25, 0.3) is 0 Å². The van der Waals surface area contributed by atoms with E-state index in [1.165, 1.54) is 0 Å². The van der Waals surface area contributed by atoms with Gasteiger partial charge in [-0.3, -0.25) is 0 Å². The molecule has 0 aliphatic carbocycles. The minimum atomic E-state index is -0.952. The van der Waals surface area contributed by atoms with Gasteiger partial charge in [-0.05, 0) is 0 Å². The zero-order valence-corrected chi connectivity index (χ0v) is 8.49. The largest absolute Gasteiger partial charge is 0.377 e. The lowest BCUT2D eigenvalue weighted by Gasteiger charge is -2.06. The number of rotatable bonds is 4. The maximum Gasteiger partial charge on any atom is 0.152 e. The maximum absolute atomic E-state index is 13.0. The Bertz CT molecular complexity index is 343. The van der Waals surface area contributed by atoms with Crippen LogP contribution in [0.1, 0.15) is 0 Å². The molecule has 0 aliphatic heterocycles. The number of anilines is 1. The first-order valence-corrected chi connectivity index (χ1v) is 4.78. The van der Waals surface area contributed by atoms with E-state index in [2.05, 4.69) is 5.32 Å². The van der Waals surface area contributed by atoms with E-state index in [0.29, 0.717) is 18.0 Å². The third-order valence-electron chi connectivity index (χ3n) is 1.66. The molecule has 0 unspecified atom stereocenters. The molecule has 0 spiro atoms. The molecule has 1 N–H and O–H groups in total. The van der Waals surface area contributed by atoms with Crippen LogP contribution in [-0.2, 0) is 0 Å². The molecule has 15 heavy (non-hydrogen) atoms. The zero-order valence-electron chi connectivity index (χ0n) is 7.74. The van der Waals surface area contributed by atoms with E-state index in [1.807, 2.05) is 0 Å². The number of hydrogen-bond acceptors (Lipinski definition) is 1. The monoisotopic (exact) mass is 235 g/mol. The van der Waals surface area contributed by atoms with Crippen molar-refractivity contribution in [2.75, 3.05) is 17.7 Å². The van der Waals surface area contributed by atoms with Crippen LogP contribution in [0.4, 0.5) is 18.9 Å². The van der Waals surface area contributed by atoms with Crippen molar-refractivity contribution in [3.05, 3.63) is 41.7 Å². The highest BCUT2D eigenvalue weighted by Gasteiger charge is 2.09.